The van der Waals surface area contributed by atoms with Crippen LogP contribution in [0.25, 0.3) is 22.2 Å². The molecule has 0 aliphatic rings. The summed E-state index contributed by atoms with van der Waals surface area (Å²) in [4.78, 5) is 13.4. The summed E-state index contributed by atoms with van der Waals surface area (Å²) in [5.41, 5.74) is 1.50. The van der Waals surface area contributed by atoms with Crippen LogP contribution in [-0.4, -0.2) is 47.3 Å². The predicted octanol–water partition coefficient (Wildman–Crippen LogP) is 2.34. The molecule has 0 aliphatic carbocycles. The standard InChI is InChI=1S/C16H16N4O3/c1-17-15-5-4-11(18-19-15)10-6-9-7-14(16(22)20(2)3)23-13(9)8-12(10)21/h4-8,21H,1-3H3,(H,17,19). The number of phenolic OH excluding ortho intramolecular Hbond substituents is 1. The van der Waals surface area contributed by atoms with Crippen LogP contribution in [0.1, 0.15) is 10.6 Å². The van der Waals surface area contributed by atoms with Gasteiger partial charge in [-0.25, -0.2) is 0 Å². The number of nitrogens with one attached hydrogen (secondary N) is 1. The minimum Gasteiger partial charge on any atom is -0.507 e. The first-order chi connectivity index (χ1) is 11.0. The SMILES string of the molecule is CNc1ccc(-c2cc3cc(C(=O)N(C)C)oc3cc2O)nn1. The second kappa shape index (κ2) is 5.60. The fraction of sp³-hybridized carbons (Fsp3) is 0.188. The molecule has 0 saturated heterocycles. The highest BCUT2D eigenvalue weighted by Crippen LogP contribution is 2.33. The number of carbonyl (C=O) groups excluding carboxylic acids is 1. The highest BCUT2D eigenvalue weighted by atomic mass is 16.3. The molecule has 3 rings (SSSR count). The Hall–Kier alpha value is -3.09. The molecule has 0 spiro atoms. The highest BCUT2D eigenvalue weighted by molar-refractivity contribution is 5.97. The summed E-state index contributed by atoms with van der Waals surface area (Å²) in [7, 11) is 5.05. The molecular weight excluding hydrogens is 296 g/mol. The lowest BCUT2D eigenvalue weighted by Crippen LogP contribution is -2.20. The van der Waals surface area contributed by atoms with Crippen LogP contribution in [-0.2, 0) is 0 Å². The third-order valence-corrected chi connectivity index (χ3v) is 3.45. The Bertz CT molecular complexity index is 869. The number of amides is 1. The number of phenols is 1. The van der Waals surface area contributed by atoms with Gasteiger partial charge >= 0.3 is 0 Å². The number of hydrogen-bond acceptors (Lipinski definition) is 6. The summed E-state index contributed by atoms with van der Waals surface area (Å²) < 4.78 is 5.50. The Labute approximate surface area is 132 Å². The van der Waals surface area contributed by atoms with Gasteiger partial charge in [-0.2, -0.15) is 0 Å². The third-order valence-electron chi connectivity index (χ3n) is 3.45. The van der Waals surface area contributed by atoms with Crippen molar-refractivity contribution in [3.05, 3.63) is 36.1 Å². The molecule has 1 aromatic carbocycles. The lowest BCUT2D eigenvalue weighted by atomic mass is 10.1. The van der Waals surface area contributed by atoms with Gasteiger partial charge in [0, 0.05) is 38.2 Å². The molecule has 2 N–H and O–H groups in total. The van der Waals surface area contributed by atoms with Crippen LogP contribution < -0.4 is 5.32 Å². The second-order valence-electron chi connectivity index (χ2n) is 5.27. The summed E-state index contributed by atoms with van der Waals surface area (Å²) in [6, 6.07) is 8.37. The fourth-order valence-electron chi connectivity index (χ4n) is 2.22. The first-order valence-electron chi connectivity index (χ1n) is 6.99. The fourth-order valence-corrected chi connectivity index (χ4v) is 2.22. The van der Waals surface area contributed by atoms with Crippen molar-refractivity contribution in [2.24, 2.45) is 0 Å². The average molecular weight is 312 g/mol. The Balaban J connectivity index is 2.07. The molecule has 7 nitrogen and oxygen atoms in total. The summed E-state index contributed by atoms with van der Waals surface area (Å²) in [5, 5.41) is 21.9. The second-order valence-corrected chi connectivity index (χ2v) is 5.27. The van der Waals surface area contributed by atoms with Crippen LogP contribution in [0.15, 0.2) is 34.7 Å². The molecule has 2 heterocycles. The van der Waals surface area contributed by atoms with Crippen molar-refractivity contribution in [1.29, 1.82) is 0 Å². The van der Waals surface area contributed by atoms with Crippen molar-refractivity contribution in [2.45, 2.75) is 0 Å². The molecule has 0 radical (unpaired) electrons. The molecule has 118 valence electrons. The van der Waals surface area contributed by atoms with Gasteiger partial charge in [-0.15, -0.1) is 10.2 Å². The van der Waals surface area contributed by atoms with E-state index in [2.05, 4.69) is 15.5 Å². The average Bonchev–Trinajstić information content (AvgIpc) is 2.96. The van der Waals surface area contributed by atoms with Crippen LogP contribution in [0.2, 0.25) is 0 Å². The molecule has 1 amide bonds. The molecule has 0 atom stereocenters. The summed E-state index contributed by atoms with van der Waals surface area (Å²) in [6.07, 6.45) is 0. The predicted molar refractivity (Wildman–Crippen MR) is 86.5 cm³/mol. The Morgan fingerprint density at radius 2 is 2.00 bits per heavy atom. The zero-order valence-corrected chi connectivity index (χ0v) is 13.0. The minimum atomic E-state index is -0.236. The first kappa shape index (κ1) is 14.8. The molecule has 3 aromatic rings. The van der Waals surface area contributed by atoms with Gasteiger partial charge in [0.15, 0.2) is 5.76 Å². The van der Waals surface area contributed by atoms with E-state index in [9.17, 15) is 9.90 Å². The first-order valence-corrected chi connectivity index (χ1v) is 6.99. The van der Waals surface area contributed by atoms with E-state index in [0.717, 1.165) is 0 Å². The van der Waals surface area contributed by atoms with E-state index in [-0.39, 0.29) is 17.4 Å². The van der Waals surface area contributed by atoms with Crippen molar-refractivity contribution in [2.75, 3.05) is 26.5 Å². The molecule has 0 bridgehead atoms. The molecule has 0 aliphatic heterocycles. The Morgan fingerprint density at radius 3 is 2.61 bits per heavy atom. The Kier molecular flexibility index (Phi) is 3.61. The zero-order chi connectivity index (χ0) is 16.6. The number of hydrogen-bond donors (Lipinski definition) is 2. The smallest absolute Gasteiger partial charge is 0.289 e. The molecule has 0 saturated carbocycles. The molecule has 0 unspecified atom stereocenters. The van der Waals surface area contributed by atoms with Crippen LogP contribution in [0.3, 0.4) is 0 Å². The number of anilines is 1. The quantitative estimate of drug-likeness (QED) is 0.771. The summed E-state index contributed by atoms with van der Waals surface area (Å²) >= 11 is 0. The van der Waals surface area contributed by atoms with Crippen LogP contribution in [0.5, 0.6) is 5.75 Å². The molecule has 0 fully saturated rings. The van der Waals surface area contributed by atoms with E-state index in [1.165, 1.54) is 11.0 Å². The molecule has 23 heavy (non-hydrogen) atoms. The van der Waals surface area contributed by atoms with E-state index >= 15 is 0 Å². The largest absolute Gasteiger partial charge is 0.507 e. The van der Waals surface area contributed by atoms with Crippen molar-refractivity contribution < 1.29 is 14.3 Å². The number of furan rings is 1. The number of nitrogens with zero attached hydrogens (tertiary/aromatic N) is 3. The van der Waals surface area contributed by atoms with Crippen molar-refractivity contribution in [3.63, 3.8) is 0 Å². The normalized spacial score (nSPS) is 10.7. The molecular formula is C16H16N4O3. The number of rotatable bonds is 3. The van der Waals surface area contributed by atoms with Gasteiger partial charge in [0.25, 0.3) is 5.91 Å². The maximum absolute atomic E-state index is 12.0. The Morgan fingerprint density at radius 1 is 1.22 bits per heavy atom. The van der Waals surface area contributed by atoms with Gasteiger partial charge in [-0.3, -0.25) is 4.79 Å². The summed E-state index contributed by atoms with van der Waals surface area (Å²) in [5.74, 6) is 0.636. The monoisotopic (exact) mass is 312 g/mol. The van der Waals surface area contributed by atoms with Crippen molar-refractivity contribution in [3.8, 4) is 17.0 Å². The lowest BCUT2D eigenvalue weighted by Gasteiger charge is -2.06. The summed E-state index contributed by atoms with van der Waals surface area (Å²) in [6.45, 7) is 0. The van der Waals surface area contributed by atoms with Crippen LogP contribution >= 0.6 is 0 Å². The minimum absolute atomic E-state index is 0.0159. The van der Waals surface area contributed by atoms with Crippen molar-refractivity contribution >= 4 is 22.7 Å². The third kappa shape index (κ3) is 2.68. The number of aromatic hydroxyl groups is 1. The van der Waals surface area contributed by atoms with Gasteiger partial charge in [0.1, 0.15) is 17.2 Å². The highest BCUT2D eigenvalue weighted by Gasteiger charge is 2.17. The van der Waals surface area contributed by atoms with E-state index in [1.54, 1.807) is 45.4 Å². The molecule has 7 heteroatoms. The number of aromatic nitrogens is 2. The number of fused-ring (bicyclic) bond motifs is 1. The van der Waals surface area contributed by atoms with Crippen LogP contribution in [0, 0.1) is 0 Å². The molecule has 2 aromatic heterocycles. The maximum Gasteiger partial charge on any atom is 0.289 e. The van der Waals surface area contributed by atoms with Gasteiger partial charge in [0.05, 0.1) is 5.69 Å². The van der Waals surface area contributed by atoms with Crippen molar-refractivity contribution in [1.82, 2.24) is 15.1 Å². The number of benzene rings is 1. The van der Waals surface area contributed by atoms with E-state index < -0.39 is 0 Å². The van der Waals surface area contributed by atoms with Gasteiger partial charge in [-0.05, 0) is 24.3 Å². The van der Waals surface area contributed by atoms with Gasteiger partial charge in [0.2, 0.25) is 0 Å². The van der Waals surface area contributed by atoms with Crippen LogP contribution in [0.4, 0.5) is 5.82 Å². The van der Waals surface area contributed by atoms with Gasteiger partial charge < -0.3 is 19.7 Å². The van der Waals surface area contributed by atoms with E-state index in [0.29, 0.717) is 28.0 Å². The maximum atomic E-state index is 12.0. The van der Waals surface area contributed by atoms with E-state index in [4.69, 9.17) is 4.42 Å². The van der Waals surface area contributed by atoms with Gasteiger partial charge in [-0.1, -0.05) is 0 Å². The zero-order valence-electron chi connectivity index (χ0n) is 13.0. The lowest BCUT2D eigenvalue weighted by molar-refractivity contribution is 0.0799. The topological polar surface area (TPSA) is 91.5 Å². The number of carbonyl (C=O) groups is 1. The van der Waals surface area contributed by atoms with E-state index in [1.807, 2.05) is 0 Å².